The molecule has 98 valence electrons. The highest BCUT2D eigenvalue weighted by molar-refractivity contribution is 5.74. The Bertz CT molecular complexity index is 399. The minimum Gasteiger partial charge on any atom is -0.466 e. The van der Waals surface area contributed by atoms with Crippen LogP contribution in [0.1, 0.15) is 30.4 Å². The van der Waals surface area contributed by atoms with Gasteiger partial charge in [-0.15, -0.1) is 0 Å². The van der Waals surface area contributed by atoms with Crippen LogP contribution in [0.25, 0.3) is 0 Å². The van der Waals surface area contributed by atoms with Gasteiger partial charge in [-0.05, 0) is 38.3 Å². The van der Waals surface area contributed by atoms with Crippen LogP contribution in [0.15, 0.2) is 24.3 Å². The van der Waals surface area contributed by atoms with Crippen molar-refractivity contribution in [2.75, 3.05) is 19.7 Å². The van der Waals surface area contributed by atoms with Crippen LogP contribution in [-0.4, -0.2) is 25.7 Å². The van der Waals surface area contributed by atoms with Crippen molar-refractivity contribution in [1.29, 1.82) is 0 Å². The minimum absolute atomic E-state index is 0.0543. The molecule has 1 aromatic carbocycles. The van der Waals surface area contributed by atoms with Crippen molar-refractivity contribution < 1.29 is 9.53 Å². The molecule has 0 bridgehead atoms. The van der Waals surface area contributed by atoms with Crippen molar-refractivity contribution in [1.82, 2.24) is 5.32 Å². The zero-order valence-electron chi connectivity index (χ0n) is 11.1. The highest BCUT2D eigenvalue weighted by Gasteiger charge is 2.32. The summed E-state index contributed by atoms with van der Waals surface area (Å²) in [5, 5.41) is 3.28. The molecule has 2 atom stereocenters. The zero-order valence-corrected chi connectivity index (χ0v) is 11.1. The van der Waals surface area contributed by atoms with Gasteiger partial charge in [0.15, 0.2) is 0 Å². The van der Waals surface area contributed by atoms with Crippen molar-refractivity contribution in [3.05, 3.63) is 35.4 Å². The van der Waals surface area contributed by atoms with Gasteiger partial charge in [-0.1, -0.05) is 29.8 Å². The zero-order chi connectivity index (χ0) is 13.0. The second kappa shape index (κ2) is 6.01. The Hall–Kier alpha value is -1.35. The molecule has 0 aliphatic carbocycles. The predicted octanol–water partition coefficient (Wildman–Crippen LogP) is 2.25. The molecule has 1 heterocycles. The fourth-order valence-corrected chi connectivity index (χ4v) is 2.57. The highest BCUT2D eigenvalue weighted by atomic mass is 16.5. The van der Waals surface area contributed by atoms with Gasteiger partial charge in [-0.2, -0.15) is 0 Å². The maximum absolute atomic E-state index is 12.0. The van der Waals surface area contributed by atoms with E-state index in [-0.39, 0.29) is 17.8 Å². The molecule has 0 amide bonds. The van der Waals surface area contributed by atoms with E-state index >= 15 is 0 Å². The van der Waals surface area contributed by atoms with Gasteiger partial charge in [0.05, 0.1) is 12.5 Å². The maximum atomic E-state index is 12.0. The molecule has 0 radical (unpaired) electrons. The molecule has 1 aliphatic heterocycles. The van der Waals surface area contributed by atoms with Gasteiger partial charge in [0.25, 0.3) is 0 Å². The fourth-order valence-electron chi connectivity index (χ4n) is 2.57. The van der Waals surface area contributed by atoms with E-state index in [9.17, 15) is 4.79 Å². The molecule has 1 saturated heterocycles. The molecule has 1 unspecified atom stereocenters. The molecule has 1 aromatic rings. The number of piperidine rings is 1. The monoisotopic (exact) mass is 247 g/mol. The van der Waals surface area contributed by atoms with Gasteiger partial charge in [-0.25, -0.2) is 0 Å². The summed E-state index contributed by atoms with van der Waals surface area (Å²) in [6, 6.07) is 8.49. The normalized spacial score (nSPS) is 23.7. The van der Waals surface area contributed by atoms with Gasteiger partial charge in [-0.3, -0.25) is 4.79 Å². The second-order valence-corrected chi connectivity index (χ2v) is 4.87. The van der Waals surface area contributed by atoms with Crippen LogP contribution < -0.4 is 5.32 Å². The Morgan fingerprint density at radius 3 is 2.78 bits per heavy atom. The van der Waals surface area contributed by atoms with Crippen molar-refractivity contribution in [2.45, 2.75) is 26.2 Å². The third-order valence-electron chi connectivity index (χ3n) is 3.58. The van der Waals surface area contributed by atoms with Crippen LogP contribution in [0.2, 0.25) is 0 Å². The van der Waals surface area contributed by atoms with E-state index in [1.165, 1.54) is 11.1 Å². The molecule has 3 heteroatoms. The lowest BCUT2D eigenvalue weighted by atomic mass is 9.81. The van der Waals surface area contributed by atoms with E-state index in [0.717, 1.165) is 19.5 Å². The summed E-state index contributed by atoms with van der Waals surface area (Å²) in [6.45, 7) is 6.08. The summed E-state index contributed by atoms with van der Waals surface area (Å²) < 4.78 is 5.18. The molecule has 0 spiro atoms. The third-order valence-corrected chi connectivity index (χ3v) is 3.58. The number of carbonyl (C=O) groups is 1. The van der Waals surface area contributed by atoms with E-state index in [1.807, 2.05) is 6.92 Å². The van der Waals surface area contributed by atoms with E-state index < -0.39 is 0 Å². The van der Waals surface area contributed by atoms with Crippen LogP contribution in [0, 0.1) is 12.8 Å². The first kappa shape index (κ1) is 13.1. The van der Waals surface area contributed by atoms with E-state index in [2.05, 4.69) is 36.5 Å². The Morgan fingerprint density at radius 2 is 2.11 bits per heavy atom. The van der Waals surface area contributed by atoms with Gasteiger partial charge in [0.1, 0.15) is 0 Å². The van der Waals surface area contributed by atoms with E-state index in [1.54, 1.807) is 0 Å². The van der Waals surface area contributed by atoms with E-state index in [0.29, 0.717) is 6.61 Å². The minimum atomic E-state index is -0.0738. The number of benzene rings is 1. The summed E-state index contributed by atoms with van der Waals surface area (Å²) in [7, 11) is 0. The Labute approximate surface area is 109 Å². The predicted molar refractivity (Wildman–Crippen MR) is 71.5 cm³/mol. The molecular weight excluding hydrogens is 226 g/mol. The van der Waals surface area contributed by atoms with Crippen LogP contribution in [0.5, 0.6) is 0 Å². The van der Waals surface area contributed by atoms with Crippen molar-refractivity contribution in [3.63, 3.8) is 0 Å². The maximum Gasteiger partial charge on any atom is 0.310 e. The van der Waals surface area contributed by atoms with Gasteiger partial charge < -0.3 is 10.1 Å². The first-order valence-electron chi connectivity index (χ1n) is 6.66. The first-order chi connectivity index (χ1) is 8.72. The summed E-state index contributed by atoms with van der Waals surface area (Å²) in [5.41, 5.74) is 2.50. The fraction of sp³-hybridized carbons (Fsp3) is 0.533. The molecule has 3 nitrogen and oxygen atoms in total. The SMILES string of the molecule is CCOC(=O)[C@@H]1CNCCC1c1ccc(C)cc1. The molecule has 18 heavy (non-hydrogen) atoms. The third kappa shape index (κ3) is 2.91. The molecule has 0 saturated carbocycles. The Morgan fingerprint density at radius 1 is 1.39 bits per heavy atom. The van der Waals surface area contributed by atoms with Crippen LogP contribution in [0.4, 0.5) is 0 Å². The highest BCUT2D eigenvalue weighted by Crippen LogP contribution is 2.31. The quantitative estimate of drug-likeness (QED) is 0.833. The van der Waals surface area contributed by atoms with Crippen LogP contribution in [-0.2, 0) is 9.53 Å². The average molecular weight is 247 g/mol. The van der Waals surface area contributed by atoms with Gasteiger partial charge in [0, 0.05) is 6.54 Å². The Balaban J connectivity index is 2.17. The molecule has 2 rings (SSSR count). The molecule has 1 fully saturated rings. The number of carbonyl (C=O) groups excluding carboxylic acids is 1. The summed E-state index contributed by atoms with van der Waals surface area (Å²) in [5.74, 6) is 0.155. The molecular formula is C15H21NO2. The number of nitrogens with one attached hydrogen (secondary N) is 1. The smallest absolute Gasteiger partial charge is 0.310 e. The standard InChI is InChI=1S/C15H21NO2/c1-3-18-15(17)14-10-16-9-8-13(14)12-6-4-11(2)5-7-12/h4-7,13-14,16H,3,8-10H2,1-2H3/t13?,14-/m1/s1. The topological polar surface area (TPSA) is 38.3 Å². The summed E-state index contributed by atoms with van der Waals surface area (Å²) in [4.78, 5) is 12.0. The molecule has 1 aliphatic rings. The van der Waals surface area contributed by atoms with Crippen LogP contribution >= 0.6 is 0 Å². The van der Waals surface area contributed by atoms with Crippen molar-refractivity contribution >= 4 is 5.97 Å². The average Bonchev–Trinajstić information content (AvgIpc) is 2.40. The lowest BCUT2D eigenvalue weighted by molar-refractivity contribution is -0.149. The lowest BCUT2D eigenvalue weighted by Gasteiger charge is -2.30. The number of hydrogen-bond acceptors (Lipinski definition) is 3. The van der Waals surface area contributed by atoms with Crippen molar-refractivity contribution in [2.24, 2.45) is 5.92 Å². The van der Waals surface area contributed by atoms with Gasteiger partial charge >= 0.3 is 5.97 Å². The second-order valence-electron chi connectivity index (χ2n) is 4.87. The number of rotatable bonds is 3. The number of hydrogen-bond donors (Lipinski definition) is 1. The molecule has 0 aromatic heterocycles. The number of esters is 1. The summed E-state index contributed by atoms with van der Waals surface area (Å²) in [6.07, 6.45) is 0.993. The van der Waals surface area contributed by atoms with E-state index in [4.69, 9.17) is 4.74 Å². The molecule has 1 N–H and O–H groups in total. The number of aryl methyl sites for hydroxylation is 1. The Kier molecular flexibility index (Phi) is 4.37. The first-order valence-corrected chi connectivity index (χ1v) is 6.66. The number of ether oxygens (including phenoxy) is 1. The largest absolute Gasteiger partial charge is 0.466 e. The van der Waals surface area contributed by atoms with Crippen molar-refractivity contribution in [3.8, 4) is 0 Å². The van der Waals surface area contributed by atoms with Gasteiger partial charge in [0.2, 0.25) is 0 Å². The summed E-state index contributed by atoms with van der Waals surface area (Å²) >= 11 is 0. The van der Waals surface area contributed by atoms with Crippen LogP contribution in [0.3, 0.4) is 0 Å². The lowest BCUT2D eigenvalue weighted by Crippen LogP contribution is -2.40.